The molecule has 2 saturated heterocycles. The maximum absolute atomic E-state index is 13.6. The number of morpholine rings is 1. The molecule has 0 spiro atoms. The number of rotatable bonds is 14. The highest BCUT2D eigenvalue weighted by molar-refractivity contribution is 6.04. The van der Waals surface area contributed by atoms with Gasteiger partial charge < -0.3 is 40.4 Å². The van der Waals surface area contributed by atoms with E-state index in [4.69, 9.17) is 40.0 Å². The third-order valence-corrected chi connectivity index (χ3v) is 8.18. The molecule has 2 fully saturated rings. The summed E-state index contributed by atoms with van der Waals surface area (Å²) >= 11 is 0. The summed E-state index contributed by atoms with van der Waals surface area (Å²) in [6.07, 6.45) is 3.57. The van der Waals surface area contributed by atoms with Crippen LogP contribution in [0.1, 0.15) is 49.5 Å². The summed E-state index contributed by atoms with van der Waals surface area (Å²) in [5.74, 6) is -1.59. The lowest BCUT2D eigenvalue weighted by molar-refractivity contribution is -0.174. The Balaban J connectivity index is 0.000000434. The van der Waals surface area contributed by atoms with E-state index in [1.165, 1.54) is 6.20 Å². The molecule has 18 nitrogen and oxygen atoms in total. The quantitative estimate of drug-likeness (QED) is 0.133. The summed E-state index contributed by atoms with van der Waals surface area (Å²) in [6.45, 7) is 7.95. The number of aromatic nitrogens is 4. The Hall–Kier alpha value is -5.06. The normalized spacial score (nSPS) is 16.2. The first-order valence-corrected chi connectivity index (χ1v) is 17.0. The summed E-state index contributed by atoms with van der Waals surface area (Å²) in [6, 6.07) is 6.32. The molecule has 2 atom stereocenters. The van der Waals surface area contributed by atoms with Gasteiger partial charge in [-0.2, -0.15) is 5.26 Å². The lowest BCUT2D eigenvalue weighted by Gasteiger charge is -2.32. The van der Waals surface area contributed by atoms with E-state index >= 15 is 0 Å². The van der Waals surface area contributed by atoms with Crippen LogP contribution in [0.5, 0.6) is 0 Å². The van der Waals surface area contributed by atoms with E-state index in [0.29, 0.717) is 73.4 Å². The Morgan fingerprint density at radius 3 is 2.42 bits per heavy atom. The van der Waals surface area contributed by atoms with Crippen LogP contribution >= 0.6 is 0 Å². The molecule has 3 aromatic heterocycles. The number of amides is 1. The molecule has 2 aliphatic rings. The molecule has 5 rings (SSSR count). The highest BCUT2D eigenvalue weighted by atomic mass is 16.6. The van der Waals surface area contributed by atoms with Gasteiger partial charge in [0.2, 0.25) is 12.1 Å². The van der Waals surface area contributed by atoms with Crippen LogP contribution < -0.4 is 16.4 Å². The number of nitriles is 1. The van der Waals surface area contributed by atoms with Crippen LogP contribution in [-0.2, 0) is 33.3 Å². The molecule has 2 aliphatic heterocycles. The molecule has 3 aromatic rings. The van der Waals surface area contributed by atoms with E-state index in [1.54, 1.807) is 49.9 Å². The van der Waals surface area contributed by atoms with Gasteiger partial charge in [0.25, 0.3) is 0 Å². The second-order valence-corrected chi connectivity index (χ2v) is 12.2. The molecule has 280 valence electrons. The van der Waals surface area contributed by atoms with E-state index in [0.717, 1.165) is 12.8 Å². The monoisotopic (exact) mass is 723 g/mol. The van der Waals surface area contributed by atoms with E-state index in [9.17, 15) is 19.2 Å². The minimum Gasteiger partial charge on any atom is -0.480 e. The van der Waals surface area contributed by atoms with Gasteiger partial charge in [-0.1, -0.05) is 13.8 Å². The molecule has 5 heterocycles. The zero-order chi connectivity index (χ0) is 37.6. The molecule has 0 bridgehead atoms. The van der Waals surface area contributed by atoms with Crippen LogP contribution in [0.25, 0.3) is 17.0 Å². The number of carbonyl (C=O) groups excluding carboxylic acids is 3. The number of anilines is 1. The number of nitrogens with zero attached hydrogens (tertiary/aromatic N) is 6. The molecular formula is C34H45N9O9. The number of carboxylic acids is 1. The van der Waals surface area contributed by atoms with E-state index in [-0.39, 0.29) is 37.5 Å². The zero-order valence-electron chi connectivity index (χ0n) is 29.4. The number of nitrogens with two attached hydrogens (primary N) is 1. The number of hydrogen-bond acceptors (Lipinski definition) is 15. The maximum Gasteiger partial charge on any atom is 0.350 e. The Morgan fingerprint density at radius 1 is 1.12 bits per heavy atom. The SMILES string of the molecule is CC(C)[C@H](NC(=O)CN)C(=O)O.CCOC(=O)C(OCC(=O)c1cc2ncn(-c3ccc(C#N)cn3)c2nc1NC1CCOCC1)N1CCOCC1. The van der Waals surface area contributed by atoms with Gasteiger partial charge in [-0.3, -0.25) is 19.1 Å². The fourth-order valence-electron chi connectivity index (χ4n) is 5.39. The van der Waals surface area contributed by atoms with Gasteiger partial charge in [-0.25, -0.2) is 24.5 Å². The molecule has 0 saturated carbocycles. The molecule has 18 heteroatoms. The van der Waals surface area contributed by atoms with Crippen LogP contribution in [0.3, 0.4) is 0 Å². The van der Waals surface area contributed by atoms with Crippen molar-refractivity contribution in [3.05, 3.63) is 41.9 Å². The Bertz CT molecular complexity index is 1710. The first-order valence-electron chi connectivity index (χ1n) is 17.0. The van der Waals surface area contributed by atoms with Crippen LogP contribution in [0, 0.1) is 17.2 Å². The minimum atomic E-state index is -1.04. The zero-order valence-corrected chi connectivity index (χ0v) is 29.4. The van der Waals surface area contributed by atoms with Crippen LogP contribution in [0.4, 0.5) is 5.82 Å². The van der Waals surface area contributed by atoms with Crippen LogP contribution in [-0.4, -0.2) is 131 Å². The number of ketones is 1. The number of carbonyl (C=O) groups is 4. The lowest BCUT2D eigenvalue weighted by atomic mass is 10.1. The molecule has 0 aromatic carbocycles. The van der Waals surface area contributed by atoms with Crippen molar-refractivity contribution in [3.8, 4) is 11.9 Å². The summed E-state index contributed by atoms with van der Waals surface area (Å²) in [7, 11) is 0. The van der Waals surface area contributed by atoms with Gasteiger partial charge in [0.15, 0.2) is 11.4 Å². The fourth-order valence-corrected chi connectivity index (χ4v) is 5.39. The fraction of sp³-hybridized carbons (Fsp3) is 0.529. The standard InChI is InChI=1S/C27H31N7O6.C7H14N2O3/c1-2-39-27(36)26(33-7-11-38-12-8-33)40-16-22(35)20-13-21-25(32-24(20)31-19-5-9-37-10-6-19)34(17-30-21)23-4-3-18(14-28)15-29-23;1-4(2)6(7(11)12)9-5(10)3-8/h3-4,13,15,17,19,26H,2,5-12,16H2,1H3,(H,31,32);4,6H,3,8H2,1-2H3,(H,9,10)(H,11,12)/t;6-/m.0/s1. The third-order valence-electron chi connectivity index (χ3n) is 8.18. The van der Waals surface area contributed by atoms with Crippen molar-refractivity contribution in [1.29, 1.82) is 5.26 Å². The second-order valence-electron chi connectivity index (χ2n) is 12.2. The molecular weight excluding hydrogens is 678 g/mol. The van der Waals surface area contributed by atoms with E-state index in [2.05, 4.69) is 26.7 Å². The van der Waals surface area contributed by atoms with Gasteiger partial charge in [-0.05, 0) is 43.9 Å². The maximum atomic E-state index is 13.6. The first kappa shape index (κ1) is 39.7. The molecule has 52 heavy (non-hydrogen) atoms. The van der Waals surface area contributed by atoms with Crippen molar-refractivity contribution in [3.63, 3.8) is 0 Å². The van der Waals surface area contributed by atoms with Crippen molar-refractivity contribution < 1.29 is 43.2 Å². The predicted molar refractivity (Wildman–Crippen MR) is 185 cm³/mol. The van der Waals surface area contributed by atoms with E-state index in [1.807, 2.05) is 4.90 Å². The van der Waals surface area contributed by atoms with Gasteiger partial charge in [-0.15, -0.1) is 0 Å². The van der Waals surface area contributed by atoms with Crippen molar-refractivity contribution in [2.75, 3.05) is 64.6 Å². The van der Waals surface area contributed by atoms with Gasteiger partial charge in [0.05, 0.1) is 37.5 Å². The number of imidazole rings is 1. The Labute approximate surface area is 300 Å². The number of aliphatic carboxylic acids is 1. The number of fused-ring (bicyclic) bond motifs is 1. The first-order chi connectivity index (χ1) is 25.1. The Morgan fingerprint density at radius 2 is 1.83 bits per heavy atom. The predicted octanol–water partition coefficient (Wildman–Crippen LogP) is 0.869. The van der Waals surface area contributed by atoms with Crippen LogP contribution in [0.15, 0.2) is 30.7 Å². The van der Waals surface area contributed by atoms with Gasteiger partial charge in [0.1, 0.15) is 42.2 Å². The molecule has 1 unspecified atom stereocenters. The average Bonchev–Trinajstić information content (AvgIpc) is 3.57. The largest absolute Gasteiger partial charge is 0.480 e. The number of Topliss-reactive ketones (excluding diaryl/α,β-unsaturated/α-hetero) is 1. The number of nitrogens with one attached hydrogen (secondary N) is 2. The summed E-state index contributed by atoms with van der Waals surface area (Å²) in [5, 5.41) is 23.4. The second kappa shape index (κ2) is 19.5. The number of carboxylic acid groups (broad SMARTS) is 1. The summed E-state index contributed by atoms with van der Waals surface area (Å²) < 4.78 is 23.7. The van der Waals surface area contributed by atoms with Gasteiger partial charge in [0, 0.05) is 38.5 Å². The van der Waals surface area contributed by atoms with E-state index < -0.39 is 30.1 Å². The molecule has 1 amide bonds. The number of ether oxygens (including phenoxy) is 4. The summed E-state index contributed by atoms with van der Waals surface area (Å²) in [4.78, 5) is 62.9. The molecule has 0 radical (unpaired) electrons. The van der Waals surface area contributed by atoms with Crippen molar-refractivity contribution >= 4 is 40.6 Å². The van der Waals surface area contributed by atoms with Crippen molar-refractivity contribution in [2.45, 2.75) is 51.9 Å². The van der Waals surface area contributed by atoms with Gasteiger partial charge >= 0.3 is 11.9 Å². The topological polar surface area (TPSA) is 246 Å². The number of esters is 1. The molecule has 0 aliphatic carbocycles. The molecule has 5 N–H and O–H groups in total. The summed E-state index contributed by atoms with van der Waals surface area (Å²) in [5.41, 5.74) is 6.75. The Kier molecular flexibility index (Phi) is 14.9. The minimum absolute atomic E-state index is 0.0659. The number of pyridine rings is 2. The van der Waals surface area contributed by atoms with Crippen molar-refractivity contribution in [2.24, 2.45) is 11.7 Å². The smallest absolute Gasteiger partial charge is 0.350 e. The number of hydrogen-bond donors (Lipinski definition) is 4. The highest BCUT2D eigenvalue weighted by Crippen LogP contribution is 2.25. The average molecular weight is 724 g/mol. The third kappa shape index (κ3) is 10.7. The van der Waals surface area contributed by atoms with Crippen LogP contribution in [0.2, 0.25) is 0 Å². The highest BCUT2D eigenvalue weighted by Gasteiger charge is 2.31. The van der Waals surface area contributed by atoms with Crippen molar-refractivity contribution in [1.82, 2.24) is 29.7 Å². The lowest BCUT2D eigenvalue weighted by Crippen LogP contribution is -2.50.